The maximum atomic E-state index is 12.1. The Balaban J connectivity index is 1.96. The van der Waals surface area contributed by atoms with Crippen molar-refractivity contribution in [1.82, 2.24) is 0 Å². The molecule has 4 heteroatoms. The Morgan fingerprint density at radius 3 is 2.12 bits per heavy atom. The molecule has 3 N–H and O–H groups in total. The van der Waals surface area contributed by atoms with Crippen LogP contribution < -0.4 is 0 Å². The smallest absolute Gasteiger partial charge is 0.162 e. The summed E-state index contributed by atoms with van der Waals surface area (Å²) in [7, 11) is 0. The molecule has 0 aliphatic heterocycles. The molecule has 0 bridgehead atoms. The van der Waals surface area contributed by atoms with Gasteiger partial charge in [-0.05, 0) is 47.9 Å². The van der Waals surface area contributed by atoms with Crippen LogP contribution in [0, 0.1) is 5.92 Å². The minimum atomic E-state index is -0.279. The van der Waals surface area contributed by atoms with Crippen molar-refractivity contribution in [1.29, 1.82) is 0 Å². The van der Waals surface area contributed by atoms with Gasteiger partial charge in [0.1, 0.15) is 17.3 Å². The van der Waals surface area contributed by atoms with E-state index in [9.17, 15) is 20.1 Å². The van der Waals surface area contributed by atoms with Gasteiger partial charge in [0.05, 0.1) is 0 Å². The predicted octanol–water partition coefficient (Wildman–Crippen LogP) is 4.00. The van der Waals surface area contributed by atoms with Gasteiger partial charge in [-0.15, -0.1) is 0 Å². The van der Waals surface area contributed by atoms with E-state index in [2.05, 4.69) is 0 Å². The fourth-order valence-corrected chi connectivity index (χ4v) is 2.19. The zero-order valence-electron chi connectivity index (χ0n) is 13.4. The lowest BCUT2D eigenvalue weighted by atomic mass is 9.96. The number of allylic oxidation sites excluding steroid dienone is 2. The van der Waals surface area contributed by atoms with Gasteiger partial charge in [0.15, 0.2) is 5.78 Å². The monoisotopic (exact) mass is 324 g/mol. The maximum Gasteiger partial charge on any atom is 0.162 e. The SMILES string of the molecule is C[C@@H](Cc1ccc(O)cc1)C(=O)C=C(O)/C=C/c1ccc(O)cc1. The van der Waals surface area contributed by atoms with Gasteiger partial charge < -0.3 is 15.3 Å². The number of rotatable bonds is 6. The minimum absolute atomic E-state index is 0.120. The van der Waals surface area contributed by atoms with Crippen molar-refractivity contribution in [3.8, 4) is 11.5 Å². The highest BCUT2D eigenvalue weighted by atomic mass is 16.3. The molecule has 2 aromatic carbocycles. The number of hydrogen-bond acceptors (Lipinski definition) is 4. The Kier molecular flexibility index (Phi) is 5.79. The lowest BCUT2D eigenvalue weighted by Crippen LogP contribution is -2.11. The maximum absolute atomic E-state index is 12.1. The van der Waals surface area contributed by atoms with Crippen molar-refractivity contribution in [3.05, 3.63) is 77.6 Å². The minimum Gasteiger partial charge on any atom is -0.508 e. The molecule has 24 heavy (non-hydrogen) atoms. The number of phenolic OH excluding ortho intramolecular Hbond substituents is 2. The number of aliphatic hydroxyl groups is 1. The molecule has 0 aliphatic carbocycles. The van der Waals surface area contributed by atoms with Crippen LogP contribution in [0.3, 0.4) is 0 Å². The molecule has 0 fully saturated rings. The Hall–Kier alpha value is -3.01. The van der Waals surface area contributed by atoms with E-state index in [1.807, 2.05) is 0 Å². The molecule has 0 unspecified atom stereocenters. The van der Waals surface area contributed by atoms with E-state index in [-0.39, 0.29) is 29.0 Å². The Morgan fingerprint density at radius 2 is 1.54 bits per heavy atom. The van der Waals surface area contributed by atoms with Gasteiger partial charge in [0.25, 0.3) is 0 Å². The molecule has 0 radical (unpaired) electrons. The second-order valence-electron chi connectivity index (χ2n) is 5.67. The molecule has 0 amide bonds. The van der Waals surface area contributed by atoms with Crippen molar-refractivity contribution in [3.63, 3.8) is 0 Å². The number of aliphatic hydroxyl groups excluding tert-OH is 1. The lowest BCUT2D eigenvalue weighted by Gasteiger charge is -2.08. The van der Waals surface area contributed by atoms with Gasteiger partial charge in [0.2, 0.25) is 0 Å². The highest BCUT2D eigenvalue weighted by Gasteiger charge is 2.12. The predicted molar refractivity (Wildman–Crippen MR) is 93.8 cm³/mol. The fraction of sp³-hybridized carbons (Fsp3) is 0.150. The number of benzene rings is 2. The van der Waals surface area contributed by atoms with Crippen LogP contribution in [0.5, 0.6) is 11.5 Å². The van der Waals surface area contributed by atoms with Crippen molar-refractivity contribution >= 4 is 11.9 Å². The molecule has 0 spiro atoms. The average Bonchev–Trinajstić information content (AvgIpc) is 2.56. The van der Waals surface area contributed by atoms with Gasteiger partial charge in [-0.1, -0.05) is 37.3 Å². The summed E-state index contributed by atoms with van der Waals surface area (Å²) in [6.45, 7) is 1.79. The third-order valence-corrected chi connectivity index (χ3v) is 3.59. The quantitative estimate of drug-likeness (QED) is 0.426. The van der Waals surface area contributed by atoms with Crippen LogP contribution in [-0.2, 0) is 11.2 Å². The van der Waals surface area contributed by atoms with E-state index in [1.54, 1.807) is 61.5 Å². The fourth-order valence-electron chi connectivity index (χ4n) is 2.19. The van der Waals surface area contributed by atoms with Gasteiger partial charge >= 0.3 is 0 Å². The zero-order valence-corrected chi connectivity index (χ0v) is 13.4. The molecule has 124 valence electrons. The van der Waals surface area contributed by atoms with Gasteiger partial charge in [-0.25, -0.2) is 0 Å². The molecule has 0 aromatic heterocycles. The molecule has 0 saturated heterocycles. The highest BCUT2D eigenvalue weighted by molar-refractivity contribution is 5.92. The summed E-state index contributed by atoms with van der Waals surface area (Å²) in [6, 6.07) is 13.2. The van der Waals surface area contributed by atoms with E-state index < -0.39 is 0 Å². The van der Waals surface area contributed by atoms with Gasteiger partial charge in [-0.3, -0.25) is 4.79 Å². The first-order valence-corrected chi connectivity index (χ1v) is 7.63. The van der Waals surface area contributed by atoms with E-state index in [1.165, 1.54) is 12.2 Å². The molecular formula is C20H20O4. The van der Waals surface area contributed by atoms with Crippen LogP contribution >= 0.6 is 0 Å². The first kappa shape index (κ1) is 17.3. The second kappa shape index (κ2) is 8.02. The van der Waals surface area contributed by atoms with Crippen LogP contribution in [0.25, 0.3) is 6.08 Å². The van der Waals surface area contributed by atoms with E-state index in [0.717, 1.165) is 11.1 Å². The molecule has 4 nitrogen and oxygen atoms in total. The largest absolute Gasteiger partial charge is 0.508 e. The third-order valence-electron chi connectivity index (χ3n) is 3.59. The van der Waals surface area contributed by atoms with Gasteiger partial charge in [-0.2, -0.15) is 0 Å². The number of carbonyl (C=O) groups excluding carboxylic acids is 1. The lowest BCUT2D eigenvalue weighted by molar-refractivity contribution is -0.117. The van der Waals surface area contributed by atoms with Crippen LogP contribution in [0.2, 0.25) is 0 Å². The molecule has 2 aromatic rings. The average molecular weight is 324 g/mol. The Labute approximate surface area is 141 Å². The Bertz CT molecular complexity index is 740. The summed E-state index contributed by atoms with van der Waals surface area (Å²) < 4.78 is 0. The standard InChI is InChI=1S/C20H20O4/c1-14(12-16-5-9-18(22)10-6-16)20(24)13-19(23)11-4-15-2-7-17(21)8-3-15/h2-11,13-14,21-23H,12H2,1H3/b11-4+,19-13?/t14-/m0/s1. The number of hydrogen-bond donors (Lipinski definition) is 3. The first-order chi connectivity index (χ1) is 11.4. The Morgan fingerprint density at radius 1 is 1.00 bits per heavy atom. The van der Waals surface area contributed by atoms with E-state index in [0.29, 0.717) is 6.42 Å². The van der Waals surface area contributed by atoms with Crippen LogP contribution in [0.15, 0.2) is 66.4 Å². The summed E-state index contributed by atoms with van der Waals surface area (Å²) in [4.78, 5) is 12.1. The normalized spacial score (nSPS) is 13.1. The zero-order chi connectivity index (χ0) is 17.5. The van der Waals surface area contributed by atoms with Crippen molar-refractivity contribution in [2.24, 2.45) is 5.92 Å². The molecule has 0 heterocycles. The molecular weight excluding hydrogens is 304 g/mol. The number of phenols is 2. The van der Waals surface area contributed by atoms with Crippen molar-refractivity contribution in [2.45, 2.75) is 13.3 Å². The van der Waals surface area contributed by atoms with E-state index in [4.69, 9.17) is 0 Å². The summed E-state index contributed by atoms with van der Waals surface area (Å²) in [5.74, 6) is -0.208. The number of aromatic hydroxyl groups is 2. The molecule has 0 saturated carbocycles. The van der Waals surface area contributed by atoms with Crippen molar-refractivity contribution in [2.75, 3.05) is 0 Å². The summed E-state index contributed by atoms with van der Waals surface area (Å²) in [5, 5.41) is 28.3. The molecule has 2 rings (SSSR count). The third kappa shape index (κ3) is 5.32. The first-order valence-electron chi connectivity index (χ1n) is 7.63. The number of carbonyl (C=O) groups is 1. The summed E-state index contributed by atoms with van der Waals surface area (Å²) >= 11 is 0. The van der Waals surface area contributed by atoms with E-state index >= 15 is 0 Å². The topological polar surface area (TPSA) is 77.8 Å². The second-order valence-corrected chi connectivity index (χ2v) is 5.67. The molecule has 0 aliphatic rings. The van der Waals surface area contributed by atoms with Crippen LogP contribution in [0.1, 0.15) is 18.1 Å². The van der Waals surface area contributed by atoms with Gasteiger partial charge in [0, 0.05) is 12.0 Å². The summed E-state index contributed by atoms with van der Waals surface area (Å²) in [5.41, 5.74) is 1.75. The van der Waals surface area contributed by atoms with Crippen LogP contribution in [-0.4, -0.2) is 21.1 Å². The highest BCUT2D eigenvalue weighted by Crippen LogP contribution is 2.15. The van der Waals surface area contributed by atoms with Crippen molar-refractivity contribution < 1.29 is 20.1 Å². The summed E-state index contributed by atoms with van der Waals surface area (Å²) in [6.07, 6.45) is 4.84. The van der Waals surface area contributed by atoms with Crippen LogP contribution in [0.4, 0.5) is 0 Å². The number of ketones is 1. The molecule has 1 atom stereocenters.